The van der Waals surface area contributed by atoms with Gasteiger partial charge >= 0.3 is 6.47 Å². The molecule has 75 valence electrons. The van der Waals surface area contributed by atoms with E-state index in [0.717, 1.165) is 24.8 Å². The standard InChI is InChI=1S/C12H15O2/c1-2-3-9-12(14-10-13)11-7-5-4-6-8-11/h4-8,12H,2-3,9H2,1H3. The summed E-state index contributed by atoms with van der Waals surface area (Å²) in [4.78, 5) is 10.2. The maximum absolute atomic E-state index is 10.2. The van der Waals surface area contributed by atoms with Gasteiger partial charge in [-0.15, -0.1) is 0 Å². The van der Waals surface area contributed by atoms with Crippen molar-refractivity contribution in [2.45, 2.75) is 32.3 Å². The van der Waals surface area contributed by atoms with Gasteiger partial charge in [-0.1, -0.05) is 43.7 Å². The van der Waals surface area contributed by atoms with Gasteiger partial charge in [0.2, 0.25) is 0 Å². The third kappa shape index (κ3) is 3.21. The molecule has 0 aliphatic carbocycles. The molecule has 1 aromatic rings. The molecule has 1 atom stereocenters. The highest BCUT2D eigenvalue weighted by Gasteiger charge is 2.10. The van der Waals surface area contributed by atoms with Crippen molar-refractivity contribution in [3.05, 3.63) is 35.9 Å². The van der Waals surface area contributed by atoms with E-state index in [-0.39, 0.29) is 6.10 Å². The van der Waals surface area contributed by atoms with Crippen LogP contribution in [-0.2, 0) is 9.53 Å². The number of carbonyl (C=O) groups excluding carboxylic acids is 1. The summed E-state index contributed by atoms with van der Waals surface area (Å²) < 4.78 is 4.92. The summed E-state index contributed by atoms with van der Waals surface area (Å²) in [5.41, 5.74) is 1.05. The highest BCUT2D eigenvalue weighted by molar-refractivity contribution is 5.39. The van der Waals surface area contributed by atoms with Crippen molar-refractivity contribution in [1.82, 2.24) is 0 Å². The second-order valence-corrected chi connectivity index (χ2v) is 3.24. The Hall–Kier alpha value is -1.31. The zero-order valence-electron chi connectivity index (χ0n) is 8.40. The van der Waals surface area contributed by atoms with Crippen LogP contribution in [0.1, 0.15) is 37.9 Å². The van der Waals surface area contributed by atoms with Crippen LogP contribution >= 0.6 is 0 Å². The molecule has 0 heterocycles. The third-order valence-electron chi connectivity index (χ3n) is 2.18. The van der Waals surface area contributed by atoms with Gasteiger partial charge in [0.05, 0.1) is 0 Å². The van der Waals surface area contributed by atoms with E-state index in [1.54, 1.807) is 0 Å². The third-order valence-corrected chi connectivity index (χ3v) is 2.18. The van der Waals surface area contributed by atoms with Crippen LogP contribution in [0.3, 0.4) is 0 Å². The maximum atomic E-state index is 10.2. The average molecular weight is 191 g/mol. The number of rotatable bonds is 6. The van der Waals surface area contributed by atoms with Gasteiger partial charge in [0.15, 0.2) is 0 Å². The first-order chi connectivity index (χ1) is 6.88. The molecule has 2 nitrogen and oxygen atoms in total. The molecule has 0 aliphatic heterocycles. The molecule has 0 fully saturated rings. The second-order valence-electron chi connectivity index (χ2n) is 3.24. The molecule has 14 heavy (non-hydrogen) atoms. The Morgan fingerprint density at radius 3 is 2.64 bits per heavy atom. The molecule has 0 aliphatic rings. The number of benzene rings is 1. The second kappa shape index (κ2) is 6.19. The SMILES string of the molecule is CCCCC(O[C]=O)c1ccccc1. The lowest BCUT2D eigenvalue weighted by molar-refractivity contribution is 0.166. The Morgan fingerprint density at radius 2 is 2.07 bits per heavy atom. The summed E-state index contributed by atoms with van der Waals surface area (Å²) in [6.45, 7) is 3.64. The lowest BCUT2D eigenvalue weighted by Crippen LogP contribution is -2.02. The molecule has 0 saturated carbocycles. The summed E-state index contributed by atoms with van der Waals surface area (Å²) >= 11 is 0. The minimum absolute atomic E-state index is 0.131. The highest BCUT2D eigenvalue weighted by Crippen LogP contribution is 2.22. The molecule has 1 aromatic carbocycles. The normalized spacial score (nSPS) is 12.1. The van der Waals surface area contributed by atoms with Crippen molar-refractivity contribution in [2.75, 3.05) is 0 Å². The van der Waals surface area contributed by atoms with Gasteiger partial charge in [-0.25, -0.2) is 4.79 Å². The van der Waals surface area contributed by atoms with Crippen LogP contribution in [0, 0.1) is 0 Å². The summed E-state index contributed by atoms with van der Waals surface area (Å²) in [6, 6.07) is 9.78. The summed E-state index contributed by atoms with van der Waals surface area (Å²) in [5.74, 6) is 0. The summed E-state index contributed by atoms with van der Waals surface area (Å²) in [5, 5.41) is 0. The van der Waals surface area contributed by atoms with Crippen molar-refractivity contribution in [3.63, 3.8) is 0 Å². The monoisotopic (exact) mass is 191 g/mol. The first-order valence-corrected chi connectivity index (χ1v) is 4.96. The lowest BCUT2D eigenvalue weighted by Gasteiger charge is -2.13. The molecule has 0 N–H and O–H groups in total. The van der Waals surface area contributed by atoms with E-state index in [1.165, 1.54) is 6.47 Å². The molecule has 1 radical (unpaired) electrons. The van der Waals surface area contributed by atoms with Gasteiger partial charge in [-0.05, 0) is 18.4 Å². The Balaban J connectivity index is 2.62. The first-order valence-electron chi connectivity index (χ1n) is 4.96. The van der Waals surface area contributed by atoms with Gasteiger partial charge in [0.25, 0.3) is 0 Å². The zero-order valence-corrected chi connectivity index (χ0v) is 8.40. The van der Waals surface area contributed by atoms with Gasteiger partial charge in [0.1, 0.15) is 6.10 Å². The first kappa shape index (κ1) is 10.8. The largest absolute Gasteiger partial charge is 0.449 e. The Bertz CT molecular complexity index is 256. The molecule has 1 rings (SSSR count). The molecule has 0 aromatic heterocycles. The van der Waals surface area contributed by atoms with Crippen LogP contribution in [0.2, 0.25) is 0 Å². The maximum Gasteiger partial charge on any atom is 0.418 e. The fraction of sp³-hybridized carbons (Fsp3) is 0.417. The van der Waals surface area contributed by atoms with Crippen LogP contribution < -0.4 is 0 Å². The lowest BCUT2D eigenvalue weighted by atomic mass is 10.0. The fourth-order valence-corrected chi connectivity index (χ4v) is 1.41. The number of unbranched alkanes of at least 4 members (excludes halogenated alkanes) is 1. The van der Waals surface area contributed by atoms with Crippen molar-refractivity contribution in [3.8, 4) is 0 Å². The number of hydrogen-bond acceptors (Lipinski definition) is 2. The van der Waals surface area contributed by atoms with Crippen LogP contribution in [0.15, 0.2) is 30.3 Å². The van der Waals surface area contributed by atoms with Gasteiger partial charge < -0.3 is 4.74 Å². The van der Waals surface area contributed by atoms with Gasteiger partial charge in [0, 0.05) is 0 Å². The van der Waals surface area contributed by atoms with Gasteiger partial charge in [-0.2, -0.15) is 0 Å². The number of ether oxygens (including phenoxy) is 1. The summed E-state index contributed by atoms with van der Waals surface area (Å²) in [6.07, 6.45) is 2.90. The molecule has 2 heteroatoms. The van der Waals surface area contributed by atoms with E-state index in [2.05, 4.69) is 6.92 Å². The van der Waals surface area contributed by atoms with Crippen LogP contribution in [0.25, 0.3) is 0 Å². The van der Waals surface area contributed by atoms with Crippen molar-refractivity contribution >= 4 is 6.47 Å². The Kier molecular flexibility index (Phi) is 4.76. The molecule has 0 amide bonds. The van der Waals surface area contributed by atoms with E-state index in [0.29, 0.717) is 0 Å². The van der Waals surface area contributed by atoms with E-state index < -0.39 is 0 Å². The molecular weight excluding hydrogens is 176 g/mol. The molecule has 0 bridgehead atoms. The zero-order chi connectivity index (χ0) is 10.2. The van der Waals surface area contributed by atoms with Crippen molar-refractivity contribution in [2.24, 2.45) is 0 Å². The molecule has 1 unspecified atom stereocenters. The van der Waals surface area contributed by atoms with Crippen LogP contribution in [0.4, 0.5) is 0 Å². The Labute approximate surface area is 84.9 Å². The van der Waals surface area contributed by atoms with Crippen molar-refractivity contribution in [1.29, 1.82) is 0 Å². The van der Waals surface area contributed by atoms with Crippen LogP contribution in [-0.4, -0.2) is 6.47 Å². The smallest absolute Gasteiger partial charge is 0.418 e. The van der Waals surface area contributed by atoms with Crippen molar-refractivity contribution < 1.29 is 9.53 Å². The minimum atomic E-state index is -0.131. The van der Waals surface area contributed by atoms with E-state index in [4.69, 9.17) is 4.74 Å². The van der Waals surface area contributed by atoms with Gasteiger partial charge in [-0.3, -0.25) is 0 Å². The highest BCUT2D eigenvalue weighted by atomic mass is 16.5. The number of hydrogen-bond donors (Lipinski definition) is 0. The van der Waals surface area contributed by atoms with Crippen LogP contribution in [0.5, 0.6) is 0 Å². The fourth-order valence-electron chi connectivity index (χ4n) is 1.41. The topological polar surface area (TPSA) is 26.3 Å². The molecule has 0 spiro atoms. The Morgan fingerprint density at radius 1 is 1.36 bits per heavy atom. The average Bonchev–Trinajstić information content (AvgIpc) is 2.25. The van der Waals surface area contributed by atoms with E-state index >= 15 is 0 Å². The summed E-state index contributed by atoms with van der Waals surface area (Å²) in [7, 11) is 0. The molecular formula is C12H15O2. The predicted octanol–water partition coefficient (Wildman–Crippen LogP) is 3.00. The quantitative estimate of drug-likeness (QED) is 0.691. The van der Waals surface area contributed by atoms with E-state index in [9.17, 15) is 4.79 Å². The van der Waals surface area contributed by atoms with E-state index in [1.807, 2.05) is 30.3 Å². The molecule has 0 saturated heterocycles. The predicted molar refractivity (Wildman–Crippen MR) is 55.5 cm³/mol. The minimum Gasteiger partial charge on any atom is -0.449 e.